The van der Waals surface area contributed by atoms with Crippen molar-refractivity contribution in [2.45, 2.75) is 290 Å². The second-order valence-corrected chi connectivity index (χ2v) is 19.9. The fraction of sp³-hybridized carbons (Fsp3) is 0.712. The molecule has 0 radical (unpaired) electrons. The normalized spacial score (nSPS) is 12.8. The van der Waals surface area contributed by atoms with Crippen molar-refractivity contribution in [2.24, 2.45) is 0 Å². The highest BCUT2D eigenvalue weighted by Gasteiger charge is 2.19. The molecule has 0 aliphatic heterocycles. The van der Waals surface area contributed by atoms with E-state index in [4.69, 9.17) is 14.2 Å². The lowest BCUT2D eigenvalue weighted by molar-refractivity contribution is -0.167. The van der Waals surface area contributed by atoms with E-state index < -0.39 is 6.10 Å². The standard InChI is InChI=1S/C66H112O6/c1-4-7-10-13-16-19-22-25-28-29-30-31-32-33-34-35-36-37-39-41-44-47-50-53-56-59-65(68)71-62-63(61-70-64(67)58-55-52-49-46-43-40-27-24-21-18-15-12-9-6-3)72-66(69)60-57-54-51-48-45-42-38-26-23-20-17-14-11-8-5-2/h7,10,16,19,25-26,28,30-31,33-34,36-38,41,44,63H,4-6,8-9,11-15,17-18,20-24,27,29,32,35,39-40,42-43,45-62H2,1-3H3/b10-7-,19-16-,28-25-,31-30-,34-33-,37-36-,38-26-,44-41-. The van der Waals surface area contributed by atoms with Crippen molar-refractivity contribution in [3.05, 3.63) is 97.2 Å². The van der Waals surface area contributed by atoms with E-state index >= 15 is 0 Å². The summed E-state index contributed by atoms with van der Waals surface area (Å²) in [5.41, 5.74) is 0. The van der Waals surface area contributed by atoms with E-state index in [2.05, 4.69) is 118 Å². The molecule has 72 heavy (non-hydrogen) atoms. The molecule has 0 aromatic heterocycles. The molecule has 1 unspecified atom stereocenters. The Morgan fingerprint density at radius 2 is 0.542 bits per heavy atom. The molecular formula is C66H112O6. The first-order chi connectivity index (χ1) is 35.5. The molecule has 412 valence electrons. The number of carbonyl (C=O) groups is 3. The highest BCUT2D eigenvalue weighted by Crippen LogP contribution is 2.15. The molecule has 0 heterocycles. The summed E-state index contributed by atoms with van der Waals surface area (Å²) in [7, 11) is 0. The first kappa shape index (κ1) is 68.3. The third-order valence-corrected chi connectivity index (χ3v) is 12.8. The number of unbranched alkanes of at least 4 members (excludes halogenated alkanes) is 27. The van der Waals surface area contributed by atoms with Crippen LogP contribution in [0, 0.1) is 0 Å². The lowest BCUT2D eigenvalue weighted by atomic mass is 10.0. The second-order valence-electron chi connectivity index (χ2n) is 19.9. The third kappa shape index (κ3) is 57.2. The zero-order valence-electron chi connectivity index (χ0n) is 47.2. The summed E-state index contributed by atoms with van der Waals surface area (Å²) in [6.45, 7) is 6.50. The molecule has 0 N–H and O–H groups in total. The van der Waals surface area contributed by atoms with Crippen molar-refractivity contribution >= 4 is 17.9 Å². The van der Waals surface area contributed by atoms with Gasteiger partial charge in [0.2, 0.25) is 0 Å². The lowest BCUT2D eigenvalue weighted by Gasteiger charge is -2.18. The molecule has 0 saturated heterocycles. The largest absolute Gasteiger partial charge is 0.462 e. The predicted octanol–water partition coefficient (Wildman–Crippen LogP) is 20.5. The number of hydrogen-bond acceptors (Lipinski definition) is 6. The fourth-order valence-corrected chi connectivity index (χ4v) is 8.30. The summed E-state index contributed by atoms with van der Waals surface area (Å²) >= 11 is 0. The Morgan fingerprint density at radius 3 is 0.875 bits per heavy atom. The monoisotopic (exact) mass is 1000 g/mol. The molecule has 0 rings (SSSR count). The molecule has 0 fully saturated rings. The Bertz CT molecular complexity index is 1430. The molecular weight excluding hydrogens is 889 g/mol. The van der Waals surface area contributed by atoms with Crippen molar-refractivity contribution < 1.29 is 28.6 Å². The Kier molecular flexibility index (Phi) is 56.8. The molecule has 0 amide bonds. The number of esters is 3. The molecule has 0 spiro atoms. The highest BCUT2D eigenvalue weighted by atomic mass is 16.6. The molecule has 6 heteroatoms. The van der Waals surface area contributed by atoms with E-state index in [1.807, 2.05) is 0 Å². The molecule has 6 nitrogen and oxygen atoms in total. The number of ether oxygens (including phenoxy) is 3. The summed E-state index contributed by atoms with van der Waals surface area (Å²) in [6.07, 6.45) is 79.7. The minimum atomic E-state index is -0.795. The van der Waals surface area contributed by atoms with Crippen molar-refractivity contribution in [3.63, 3.8) is 0 Å². The molecule has 0 aliphatic rings. The maximum absolute atomic E-state index is 12.9. The van der Waals surface area contributed by atoms with Crippen LogP contribution in [0.4, 0.5) is 0 Å². The second kappa shape index (κ2) is 59.9. The van der Waals surface area contributed by atoms with Crippen molar-refractivity contribution in [2.75, 3.05) is 13.2 Å². The quantitative estimate of drug-likeness (QED) is 0.0261. The van der Waals surface area contributed by atoms with Crippen LogP contribution in [0.25, 0.3) is 0 Å². The van der Waals surface area contributed by atoms with Crippen molar-refractivity contribution in [1.29, 1.82) is 0 Å². The summed E-state index contributed by atoms with van der Waals surface area (Å²) in [5.74, 6) is -0.925. The molecule has 0 saturated carbocycles. The van der Waals surface area contributed by atoms with Crippen LogP contribution >= 0.6 is 0 Å². The number of rotatable bonds is 54. The van der Waals surface area contributed by atoms with Gasteiger partial charge in [-0.3, -0.25) is 14.4 Å². The van der Waals surface area contributed by atoms with Crippen LogP contribution in [0.15, 0.2) is 97.2 Å². The number of carbonyl (C=O) groups excluding carboxylic acids is 3. The Balaban J connectivity index is 4.42. The van der Waals surface area contributed by atoms with Crippen LogP contribution in [0.5, 0.6) is 0 Å². The Morgan fingerprint density at radius 1 is 0.292 bits per heavy atom. The third-order valence-electron chi connectivity index (χ3n) is 12.8. The smallest absolute Gasteiger partial charge is 0.306 e. The van der Waals surface area contributed by atoms with Crippen LogP contribution in [-0.4, -0.2) is 37.2 Å². The van der Waals surface area contributed by atoms with Gasteiger partial charge in [0.25, 0.3) is 0 Å². The van der Waals surface area contributed by atoms with Gasteiger partial charge in [-0.05, 0) is 103 Å². The molecule has 1 atom stereocenters. The van der Waals surface area contributed by atoms with Gasteiger partial charge in [-0.15, -0.1) is 0 Å². The van der Waals surface area contributed by atoms with Gasteiger partial charge in [0.05, 0.1) is 0 Å². The lowest BCUT2D eigenvalue weighted by Crippen LogP contribution is -2.30. The van der Waals surface area contributed by atoms with E-state index in [1.54, 1.807) is 0 Å². The van der Waals surface area contributed by atoms with Crippen molar-refractivity contribution in [3.8, 4) is 0 Å². The van der Waals surface area contributed by atoms with E-state index in [-0.39, 0.29) is 31.1 Å². The fourth-order valence-electron chi connectivity index (χ4n) is 8.30. The van der Waals surface area contributed by atoms with Gasteiger partial charge in [0.1, 0.15) is 13.2 Å². The minimum absolute atomic E-state index is 0.0895. The van der Waals surface area contributed by atoms with Gasteiger partial charge in [-0.1, -0.05) is 259 Å². The van der Waals surface area contributed by atoms with Crippen LogP contribution in [0.3, 0.4) is 0 Å². The summed E-state index contributed by atoms with van der Waals surface area (Å²) in [6, 6.07) is 0. The van der Waals surface area contributed by atoms with Crippen LogP contribution in [0.1, 0.15) is 284 Å². The summed E-state index contributed by atoms with van der Waals surface area (Å²) in [4.78, 5) is 38.2. The average molecular weight is 1000 g/mol. The molecule has 0 bridgehead atoms. The van der Waals surface area contributed by atoms with E-state index in [0.717, 1.165) is 122 Å². The molecule has 0 aromatic rings. The van der Waals surface area contributed by atoms with Gasteiger partial charge in [0, 0.05) is 19.3 Å². The summed E-state index contributed by atoms with van der Waals surface area (Å²) in [5, 5.41) is 0. The zero-order valence-corrected chi connectivity index (χ0v) is 47.2. The van der Waals surface area contributed by atoms with Gasteiger partial charge in [-0.25, -0.2) is 0 Å². The van der Waals surface area contributed by atoms with Gasteiger partial charge < -0.3 is 14.2 Å². The first-order valence-electron chi connectivity index (χ1n) is 30.2. The highest BCUT2D eigenvalue weighted by molar-refractivity contribution is 5.71. The van der Waals surface area contributed by atoms with Crippen molar-refractivity contribution in [1.82, 2.24) is 0 Å². The average Bonchev–Trinajstić information content (AvgIpc) is 3.38. The molecule has 0 aromatic carbocycles. The Labute approximate surface area is 445 Å². The zero-order chi connectivity index (χ0) is 52.2. The molecule has 0 aliphatic carbocycles. The predicted molar refractivity (Wildman–Crippen MR) is 311 cm³/mol. The SMILES string of the molecule is CC/C=C\C/C=C\C/C=C\C/C=C\C/C=C\C/C=C\C/C=C\CCCCCC(=O)OCC(COC(=O)CCCCCCCCCCCCCCCC)OC(=O)CCCCCCC/C=C\CCCCCCCC. The maximum atomic E-state index is 12.9. The number of hydrogen-bond donors (Lipinski definition) is 0. The van der Waals surface area contributed by atoms with Gasteiger partial charge in [0.15, 0.2) is 6.10 Å². The maximum Gasteiger partial charge on any atom is 0.306 e. The minimum Gasteiger partial charge on any atom is -0.462 e. The van der Waals surface area contributed by atoms with E-state index in [1.165, 1.54) is 122 Å². The van der Waals surface area contributed by atoms with E-state index in [0.29, 0.717) is 19.3 Å². The van der Waals surface area contributed by atoms with Crippen LogP contribution in [-0.2, 0) is 28.6 Å². The van der Waals surface area contributed by atoms with Crippen LogP contribution in [0.2, 0.25) is 0 Å². The topological polar surface area (TPSA) is 78.9 Å². The van der Waals surface area contributed by atoms with E-state index in [9.17, 15) is 14.4 Å². The summed E-state index contributed by atoms with van der Waals surface area (Å²) < 4.78 is 16.9. The number of allylic oxidation sites excluding steroid dienone is 16. The first-order valence-corrected chi connectivity index (χ1v) is 30.2. The Hall–Kier alpha value is -3.67. The van der Waals surface area contributed by atoms with Gasteiger partial charge in [-0.2, -0.15) is 0 Å². The van der Waals surface area contributed by atoms with Gasteiger partial charge >= 0.3 is 17.9 Å². The van der Waals surface area contributed by atoms with Crippen LogP contribution < -0.4 is 0 Å².